The number of rotatable bonds is 3. The molecule has 1 aromatic carbocycles. The smallest absolute Gasteiger partial charge is 0.336 e. The zero-order valence-corrected chi connectivity index (χ0v) is 15.3. The van der Waals surface area contributed by atoms with Gasteiger partial charge in [-0.1, -0.05) is 38.1 Å². The molecule has 0 aromatic heterocycles. The molecule has 0 amide bonds. The predicted molar refractivity (Wildman–Crippen MR) is 97.0 cm³/mol. The van der Waals surface area contributed by atoms with Crippen molar-refractivity contribution in [3.05, 3.63) is 57.9 Å². The molecule has 0 radical (unpaired) electrons. The summed E-state index contributed by atoms with van der Waals surface area (Å²) in [6.07, 6.45) is 2.23. The number of hydrogen-bond acceptors (Lipinski definition) is 4. The first kappa shape index (κ1) is 17.5. The maximum absolute atomic E-state index is 12.7. The summed E-state index contributed by atoms with van der Waals surface area (Å²) in [4.78, 5) is 25.1. The summed E-state index contributed by atoms with van der Waals surface area (Å²) < 4.78 is 5.02. The molecule has 132 valence electrons. The van der Waals surface area contributed by atoms with Gasteiger partial charge in [0.05, 0.1) is 12.7 Å². The largest absolute Gasteiger partial charge is 0.466 e. The Kier molecular flexibility index (Phi) is 4.80. The van der Waals surface area contributed by atoms with Gasteiger partial charge < -0.3 is 10.1 Å². The van der Waals surface area contributed by atoms with Crippen molar-refractivity contribution in [3.8, 4) is 0 Å². The molecule has 1 N–H and O–H groups in total. The molecule has 0 fully saturated rings. The van der Waals surface area contributed by atoms with Crippen LogP contribution in [-0.2, 0) is 14.3 Å². The number of nitrogens with one attached hydrogen (secondary N) is 1. The summed E-state index contributed by atoms with van der Waals surface area (Å²) in [5.74, 6) is -0.170. The van der Waals surface area contributed by atoms with Crippen molar-refractivity contribution >= 4 is 11.8 Å². The Morgan fingerprint density at radius 1 is 1.20 bits per heavy atom. The zero-order valence-electron chi connectivity index (χ0n) is 15.3. The van der Waals surface area contributed by atoms with Gasteiger partial charge in [-0.15, -0.1) is 0 Å². The summed E-state index contributed by atoms with van der Waals surface area (Å²) in [6.45, 7) is 6.17. The van der Waals surface area contributed by atoms with Crippen LogP contribution in [0.3, 0.4) is 0 Å². The van der Waals surface area contributed by atoms with E-state index in [4.69, 9.17) is 4.74 Å². The highest BCUT2D eigenvalue weighted by Crippen LogP contribution is 2.42. The van der Waals surface area contributed by atoms with Crippen LogP contribution >= 0.6 is 0 Å². The molecule has 1 heterocycles. The molecule has 2 aliphatic rings. The van der Waals surface area contributed by atoms with Gasteiger partial charge in [-0.25, -0.2) is 4.79 Å². The third-order valence-electron chi connectivity index (χ3n) is 5.12. The molecule has 0 unspecified atom stereocenters. The van der Waals surface area contributed by atoms with Crippen LogP contribution in [0.5, 0.6) is 0 Å². The average molecular weight is 339 g/mol. The Morgan fingerprint density at radius 3 is 2.48 bits per heavy atom. The quantitative estimate of drug-likeness (QED) is 0.847. The molecule has 0 spiro atoms. The molecule has 0 bridgehead atoms. The van der Waals surface area contributed by atoms with Crippen LogP contribution in [0, 0.1) is 0 Å². The number of carbonyl (C=O) groups is 2. The van der Waals surface area contributed by atoms with Gasteiger partial charge in [0, 0.05) is 29.3 Å². The van der Waals surface area contributed by atoms with Crippen molar-refractivity contribution in [3.63, 3.8) is 0 Å². The lowest BCUT2D eigenvalue weighted by Gasteiger charge is -2.34. The van der Waals surface area contributed by atoms with Crippen molar-refractivity contribution in [1.82, 2.24) is 5.32 Å². The maximum Gasteiger partial charge on any atom is 0.336 e. The van der Waals surface area contributed by atoms with Gasteiger partial charge in [-0.3, -0.25) is 4.79 Å². The van der Waals surface area contributed by atoms with Crippen molar-refractivity contribution < 1.29 is 14.3 Å². The Morgan fingerprint density at radius 2 is 1.88 bits per heavy atom. The Balaban J connectivity index is 2.14. The topological polar surface area (TPSA) is 55.4 Å². The van der Waals surface area contributed by atoms with Crippen LogP contribution in [-0.4, -0.2) is 18.9 Å². The second kappa shape index (κ2) is 6.87. The normalized spacial score (nSPS) is 20.5. The first-order valence-corrected chi connectivity index (χ1v) is 8.86. The fourth-order valence-corrected chi connectivity index (χ4v) is 3.77. The third kappa shape index (κ3) is 3.13. The molecule has 4 nitrogen and oxygen atoms in total. The Bertz CT molecular complexity index is 769. The summed E-state index contributed by atoms with van der Waals surface area (Å²) in [7, 11) is 1.38. The van der Waals surface area contributed by atoms with E-state index in [0.717, 1.165) is 35.4 Å². The van der Waals surface area contributed by atoms with Crippen molar-refractivity contribution in [2.45, 2.75) is 51.9 Å². The van der Waals surface area contributed by atoms with Crippen LogP contribution in [0.1, 0.15) is 63.0 Å². The van der Waals surface area contributed by atoms with Crippen molar-refractivity contribution in [2.24, 2.45) is 0 Å². The van der Waals surface area contributed by atoms with Gasteiger partial charge in [0.25, 0.3) is 0 Å². The Hall–Kier alpha value is -2.36. The van der Waals surface area contributed by atoms with E-state index in [1.54, 1.807) is 0 Å². The monoisotopic (exact) mass is 339 g/mol. The lowest BCUT2D eigenvalue weighted by atomic mass is 9.75. The molecule has 25 heavy (non-hydrogen) atoms. The molecule has 0 saturated carbocycles. The van der Waals surface area contributed by atoms with Gasteiger partial charge in [0.2, 0.25) is 0 Å². The summed E-state index contributed by atoms with van der Waals surface area (Å²) >= 11 is 0. The van der Waals surface area contributed by atoms with Crippen LogP contribution in [0.4, 0.5) is 0 Å². The van der Waals surface area contributed by atoms with Crippen LogP contribution in [0.15, 0.2) is 46.8 Å². The molecule has 1 aromatic rings. The number of ketones is 1. The first-order chi connectivity index (χ1) is 11.9. The highest BCUT2D eigenvalue weighted by Gasteiger charge is 2.38. The fraction of sp³-hybridized carbons (Fsp3) is 0.429. The third-order valence-corrected chi connectivity index (χ3v) is 5.12. The molecule has 1 aliphatic carbocycles. The van der Waals surface area contributed by atoms with Gasteiger partial charge in [-0.2, -0.15) is 0 Å². The minimum Gasteiger partial charge on any atom is -0.466 e. The van der Waals surface area contributed by atoms with E-state index >= 15 is 0 Å². The van der Waals surface area contributed by atoms with Crippen LogP contribution < -0.4 is 5.32 Å². The summed E-state index contributed by atoms with van der Waals surface area (Å²) in [6, 6.07) is 8.24. The lowest BCUT2D eigenvalue weighted by Crippen LogP contribution is -2.34. The minimum absolute atomic E-state index is 0.126. The van der Waals surface area contributed by atoms with E-state index in [0.29, 0.717) is 17.9 Å². The van der Waals surface area contributed by atoms with Crippen molar-refractivity contribution in [2.75, 3.05) is 7.11 Å². The van der Waals surface area contributed by atoms with E-state index in [9.17, 15) is 9.59 Å². The molecular formula is C21H25NO3. The number of ether oxygens (including phenoxy) is 1. The molecule has 3 rings (SSSR count). The SMILES string of the molecule is COC(=O)C1=C(C)NC2=C(C(=O)CCC2)[C@@H]1c1ccc(C(C)C)cc1. The number of hydrogen-bond donors (Lipinski definition) is 1. The second-order valence-electron chi connectivity index (χ2n) is 7.08. The summed E-state index contributed by atoms with van der Waals surface area (Å²) in [5, 5.41) is 3.28. The number of methoxy groups -OCH3 is 1. The number of dihydropyridines is 1. The van der Waals surface area contributed by atoms with E-state index in [1.807, 2.05) is 19.1 Å². The van der Waals surface area contributed by atoms with Crippen molar-refractivity contribution in [1.29, 1.82) is 0 Å². The number of allylic oxidation sites excluding steroid dienone is 3. The standard InChI is InChI=1S/C21H25NO3/c1-12(2)14-8-10-15(11-9-14)19-18(21(24)25-4)13(3)22-16-6-5-7-17(23)20(16)19/h8-12,19,22H,5-7H2,1-4H3/t19-/m1/s1. The van der Waals surface area contributed by atoms with Gasteiger partial charge in [0.15, 0.2) is 5.78 Å². The molecular weight excluding hydrogens is 314 g/mol. The van der Waals surface area contributed by atoms with Gasteiger partial charge >= 0.3 is 5.97 Å². The van der Waals surface area contributed by atoms with Gasteiger partial charge in [0.1, 0.15) is 0 Å². The average Bonchev–Trinajstić information content (AvgIpc) is 2.60. The molecule has 4 heteroatoms. The van der Waals surface area contributed by atoms with Crippen LogP contribution in [0.2, 0.25) is 0 Å². The zero-order chi connectivity index (χ0) is 18.1. The van der Waals surface area contributed by atoms with E-state index in [1.165, 1.54) is 12.7 Å². The summed E-state index contributed by atoms with van der Waals surface area (Å²) in [5.41, 5.74) is 5.21. The maximum atomic E-state index is 12.7. The number of benzene rings is 1. The number of esters is 1. The van der Waals surface area contributed by atoms with E-state index in [-0.39, 0.29) is 17.7 Å². The number of Topliss-reactive ketones (excluding diaryl/α,β-unsaturated/α-hetero) is 1. The van der Waals surface area contributed by atoms with Gasteiger partial charge in [-0.05, 0) is 36.8 Å². The van der Waals surface area contributed by atoms with E-state index < -0.39 is 0 Å². The van der Waals surface area contributed by atoms with Crippen LogP contribution in [0.25, 0.3) is 0 Å². The highest BCUT2D eigenvalue weighted by atomic mass is 16.5. The fourth-order valence-electron chi connectivity index (χ4n) is 3.77. The predicted octanol–water partition coefficient (Wildman–Crippen LogP) is 3.95. The minimum atomic E-state index is -0.382. The highest BCUT2D eigenvalue weighted by molar-refractivity contribution is 6.03. The molecule has 1 aliphatic heterocycles. The Labute approximate surface area is 149 Å². The lowest BCUT2D eigenvalue weighted by molar-refractivity contribution is -0.136. The molecule has 0 saturated heterocycles. The number of carbonyl (C=O) groups excluding carboxylic acids is 2. The molecule has 1 atom stereocenters. The first-order valence-electron chi connectivity index (χ1n) is 8.86. The van der Waals surface area contributed by atoms with E-state index in [2.05, 4.69) is 31.3 Å². The second-order valence-corrected chi connectivity index (χ2v) is 7.08.